The van der Waals surface area contributed by atoms with E-state index < -0.39 is 24.1 Å². The molecule has 2 aromatic rings. The molecule has 1 amide bonds. The molecule has 0 fully saturated rings. The number of amides is 1. The summed E-state index contributed by atoms with van der Waals surface area (Å²) in [6.45, 7) is 0.283. The number of hydrogen-bond acceptors (Lipinski definition) is 4. The number of benzene rings is 2. The van der Waals surface area contributed by atoms with Crippen LogP contribution in [-0.2, 0) is 11.3 Å². The lowest BCUT2D eigenvalue weighted by Crippen LogP contribution is -2.29. The van der Waals surface area contributed by atoms with E-state index in [2.05, 4.69) is 21.2 Å². The van der Waals surface area contributed by atoms with Gasteiger partial charge in [0, 0.05) is 11.0 Å². The first kappa shape index (κ1) is 19.4. The molecule has 0 aliphatic heterocycles. The lowest BCUT2D eigenvalue weighted by molar-refractivity contribution is 0.0132. The Morgan fingerprint density at radius 2 is 1.92 bits per heavy atom. The minimum atomic E-state index is -1.20. The van der Waals surface area contributed by atoms with E-state index in [4.69, 9.17) is 4.74 Å². The first-order valence-electron chi connectivity index (χ1n) is 7.73. The molecule has 7 heteroatoms. The smallest absolute Gasteiger partial charge is 0.407 e. The van der Waals surface area contributed by atoms with E-state index in [1.54, 1.807) is 0 Å². The standard InChI is InChI=1S/C18H19BrFNO4/c19-15-10-13(20)6-7-14(15)17(23)16(22)8-9-21-18(24)25-11-12-4-2-1-3-5-12/h1-7,10,16-17,22-23H,8-9,11H2,(H,21,24). The Bertz CT molecular complexity index is 699. The second-order valence-electron chi connectivity index (χ2n) is 5.46. The number of alkyl carbamates (subject to hydrolysis) is 1. The Kier molecular flexibility index (Phi) is 7.36. The van der Waals surface area contributed by atoms with Gasteiger partial charge in [-0.25, -0.2) is 9.18 Å². The zero-order valence-corrected chi connectivity index (χ0v) is 14.9. The molecule has 0 heterocycles. The lowest BCUT2D eigenvalue weighted by Gasteiger charge is -2.19. The highest BCUT2D eigenvalue weighted by molar-refractivity contribution is 9.10. The summed E-state index contributed by atoms with van der Waals surface area (Å²) >= 11 is 3.15. The molecule has 5 nitrogen and oxygen atoms in total. The molecular formula is C18H19BrFNO4. The molecule has 2 rings (SSSR count). The van der Waals surface area contributed by atoms with Crippen molar-refractivity contribution in [2.75, 3.05) is 6.54 Å². The van der Waals surface area contributed by atoms with Crippen LogP contribution >= 0.6 is 15.9 Å². The summed E-state index contributed by atoms with van der Waals surface area (Å²) in [6.07, 6.45) is -2.80. The number of aliphatic hydroxyl groups is 2. The maximum atomic E-state index is 13.1. The number of ether oxygens (including phenoxy) is 1. The highest BCUT2D eigenvalue weighted by Crippen LogP contribution is 2.27. The summed E-state index contributed by atoms with van der Waals surface area (Å²) < 4.78 is 18.5. The van der Waals surface area contributed by atoms with Crippen molar-refractivity contribution in [3.05, 3.63) is 69.9 Å². The number of aliphatic hydroxyl groups excluding tert-OH is 2. The lowest BCUT2D eigenvalue weighted by atomic mass is 10.0. The Balaban J connectivity index is 1.74. The van der Waals surface area contributed by atoms with Crippen LogP contribution in [0.15, 0.2) is 53.0 Å². The Labute approximate surface area is 153 Å². The third kappa shape index (κ3) is 6.12. The first-order chi connectivity index (χ1) is 12.0. The quantitative estimate of drug-likeness (QED) is 0.652. The van der Waals surface area contributed by atoms with Gasteiger partial charge in [0.05, 0.1) is 6.10 Å². The van der Waals surface area contributed by atoms with Gasteiger partial charge >= 0.3 is 6.09 Å². The van der Waals surface area contributed by atoms with Crippen molar-refractivity contribution in [2.24, 2.45) is 0 Å². The van der Waals surface area contributed by atoms with E-state index in [1.807, 2.05) is 30.3 Å². The minimum absolute atomic E-state index is 0.116. The third-order valence-corrected chi connectivity index (χ3v) is 4.25. The Morgan fingerprint density at radius 3 is 2.60 bits per heavy atom. The Hall–Kier alpha value is -1.96. The van der Waals surface area contributed by atoms with Crippen molar-refractivity contribution in [3.63, 3.8) is 0 Å². The number of rotatable bonds is 7. The van der Waals surface area contributed by atoms with E-state index in [1.165, 1.54) is 18.2 Å². The predicted molar refractivity (Wildman–Crippen MR) is 94.3 cm³/mol. The molecule has 2 aromatic carbocycles. The molecule has 2 atom stereocenters. The van der Waals surface area contributed by atoms with Crippen molar-refractivity contribution in [1.82, 2.24) is 5.32 Å². The van der Waals surface area contributed by atoms with Gasteiger partial charge < -0.3 is 20.3 Å². The monoisotopic (exact) mass is 411 g/mol. The fraction of sp³-hybridized carbons (Fsp3) is 0.278. The maximum Gasteiger partial charge on any atom is 0.407 e. The summed E-state index contributed by atoms with van der Waals surface area (Å²) in [5.74, 6) is -0.444. The van der Waals surface area contributed by atoms with Gasteiger partial charge in [0.15, 0.2) is 0 Å². The van der Waals surface area contributed by atoms with Gasteiger partial charge in [-0.05, 0) is 29.7 Å². The van der Waals surface area contributed by atoms with Crippen molar-refractivity contribution < 1.29 is 24.1 Å². The molecule has 0 aliphatic rings. The van der Waals surface area contributed by atoms with Crippen molar-refractivity contribution >= 4 is 22.0 Å². The van der Waals surface area contributed by atoms with Gasteiger partial charge in [-0.1, -0.05) is 52.3 Å². The van der Waals surface area contributed by atoms with Crippen LogP contribution in [0.5, 0.6) is 0 Å². The topological polar surface area (TPSA) is 78.8 Å². The van der Waals surface area contributed by atoms with Crippen molar-refractivity contribution in [1.29, 1.82) is 0 Å². The van der Waals surface area contributed by atoms with Crippen LogP contribution in [-0.4, -0.2) is 29.0 Å². The molecule has 0 aromatic heterocycles. The molecule has 3 N–H and O–H groups in total. The average molecular weight is 412 g/mol. The van der Waals surface area contributed by atoms with Crippen LogP contribution in [0.4, 0.5) is 9.18 Å². The summed E-state index contributed by atoms with van der Waals surface area (Å²) in [7, 11) is 0. The number of halogens is 2. The minimum Gasteiger partial charge on any atom is -0.445 e. The highest BCUT2D eigenvalue weighted by Gasteiger charge is 2.21. The first-order valence-corrected chi connectivity index (χ1v) is 8.52. The zero-order valence-electron chi connectivity index (χ0n) is 13.4. The molecule has 134 valence electrons. The Morgan fingerprint density at radius 1 is 1.20 bits per heavy atom. The van der Waals surface area contributed by atoms with Crippen molar-refractivity contribution in [3.8, 4) is 0 Å². The van der Waals surface area contributed by atoms with E-state index in [0.717, 1.165) is 5.56 Å². The van der Waals surface area contributed by atoms with Crippen LogP contribution in [0.2, 0.25) is 0 Å². The second kappa shape index (κ2) is 9.50. The van der Waals surface area contributed by atoms with Gasteiger partial charge in [0.2, 0.25) is 0 Å². The van der Waals surface area contributed by atoms with Gasteiger partial charge in [0.25, 0.3) is 0 Å². The number of carbonyl (C=O) groups is 1. The van der Waals surface area contributed by atoms with Gasteiger partial charge in [-0.2, -0.15) is 0 Å². The fourth-order valence-electron chi connectivity index (χ4n) is 2.20. The molecular weight excluding hydrogens is 393 g/mol. The molecule has 25 heavy (non-hydrogen) atoms. The summed E-state index contributed by atoms with van der Waals surface area (Å²) in [6, 6.07) is 13.1. The van der Waals surface area contributed by atoms with Crippen LogP contribution in [0.1, 0.15) is 23.7 Å². The van der Waals surface area contributed by atoms with Crippen LogP contribution in [0, 0.1) is 5.82 Å². The van der Waals surface area contributed by atoms with E-state index in [-0.39, 0.29) is 19.6 Å². The zero-order chi connectivity index (χ0) is 18.2. The predicted octanol–water partition coefficient (Wildman–Crippen LogP) is 3.30. The highest BCUT2D eigenvalue weighted by atomic mass is 79.9. The van der Waals surface area contributed by atoms with E-state index >= 15 is 0 Å². The van der Waals surface area contributed by atoms with E-state index in [0.29, 0.717) is 10.0 Å². The van der Waals surface area contributed by atoms with Crippen molar-refractivity contribution in [2.45, 2.75) is 25.2 Å². The molecule has 0 radical (unpaired) electrons. The normalized spacial score (nSPS) is 13.1. The van der Waals surface area contributed by atoms with Gasteiger partial charge in [-0.15, -0.1) is 0 Å². The summed E-state index contributed by atoms with van der Waals surface area (Å²) in [5.41, 5.74) is 1.25. The number of nitrogens with one attached hydrogen (secondary N) is 1. The van der Waals surface area contributed by atoms with Crippen LogP contribution in [0.3, 0.4) is 0 Å². The van der Waals surface area contributed by atoms with Gasteiger partial charge in [-0.3, -0.25) is 0 Å². The van der Waals surface area contributed by atoms with Crippen LogP contribution < -0.4 is 5.32 Å². The number of hydrogen-bond donors (Lipinski definition) is 3. The molecule has 0 aliphatic carbocycles. The molecule has 0 saturated carbocycles. The molecule has 0 saturated heterocycles. The molecule has 0 bridgehead atoms. The molecule has 0 spiro atoms. The maximum absolute atomic E-state index is 13.1. The SMILES string of the molecule is O=C(NCCC(O)C(O)c1ccc(F)cc1Br)OCc1ccccc1. The summed E-state index contributed by atoms with van der Waals surface area (Å²) in [5, 5.41) is 22.7. The summed E-state index contributed by atoms with van der Waals surface area (Å²) in [4.78, 5) is 11.6. The van der Waals surface area contributed by atoms with Gasteiger partial charge in [0.1, 0.15) is 18.5 Å². The number of carbonyl (C=O) groups excluding carboxylic acids is 1. The van der Waals surface area contributed by atoms with E-state index in [9.17, 15) is 19.4 Å². The third-order valence-electron chi connectivity index (χ3n) is 3.57. The molecule has 2 unspecified atom stereocenters. The fourth-order valence-corrected chi connectivity index (χ4v) is 2.79. The largest absolute Gasteiger partial charge is 0.445 e. The second-order valence-corrected chi connectivity index (χ2v) is 6.31. The van der Waals surface area contributed by atoms with Crippen LogP contribution in [0.25, 0.3) is 0 Å². The average Bonchev–Trinajstić information content (AvgIpc) is 2.60.